The second kappa shape index (κ2) is 6.77. The van der Waals surface area contributed by atoms with Crippen LogP contribution in [0.3, 0.4) is 0 Å². The zero-order valence-corrected chi connectivity index (χ0v) is 13.0. The molecule has 1 rings (SSSR count). The minimum Gasteiger partial charge on any atom is -0.493 e. The van der Waals surface area contributed by atoms with Crippen molar-refractivity contribution in [1.82, 2.24) is 4.90 Å². The second-order valence-electron chi connectivity index (χ2n) is 4.20. The van der Waals surface area contributed by atoms with Crippen molar-refractivity contribution in [3.8, 4) is 11.5 Å². The van der Waals surface area contributed by atoms with Gasteiger partial charge in [0.25, 0.3) is 0 Å². The van der Waals surface area contributed by atoms with E-state index in [9.17, 15) is 4.79 Å². The van der Waals surface area contributed by atoms with E-state index in [0.29, 0.717) is 18.0 Å². The maximum Gasteiger partial charge on any atom is 0.320 e. The summed E-state index contributed by atoms with van der Waals surface area (Å²) in [4.78, 5) is 12.7. The average Bonchev–Trinajstić information content (AvgIpc) is 2.39. The lowest BCUT2D eigenvalue weighted by atomic mass is 10.1. The van der Waals surface area contributed by atoms with E-state index in [1.165, 1.54) is 0 Å². The Morgan fingerprint density at radius 2 is 2.05 bits per heavy atom. The predicted octanol–water partition coefficient (Wildman–Crippen LogP) is 2.37. The Morgan fingerprint density at radius 1 is 1.42 bits per heavy atom. The molecule has 0 fully saturated rings. The van der Waals surface area contributed by atoms with Crippen molar-refractivity contribution in [2.75, 3.05) is 21.3 Å². The standard InChI is InChI=1S/C13H18BrNO4/c1-8(13(16)17)15(2)7-9-5-6-10(18-3)12(19-4)11(9)14/h5-6,8H,7H2,1-4H3,(H,16,17). The van der Waals surface area contributed by atoms with Gasteiger partial charge in [0.05, 0.1) is 18.7 Å². The largest absolute Gasteiger partial charge is 0.493 e. The number of carbonyl (C=O) groups is 1. The van der Waals surface area contributed by atoms with Gasteiger partial charge in [0.15, 0.2) is 11.5 Å². The third-order valence-electron chi connectivity index (χ3n) is 3.00. The molecule has 0 heterocycles. The highest BCUT2D eigenvalue weighted by molar-refractivity contribution is 9.10. The molecule has 0 saturated carbocycles. The minimum absolute atomic E-state index is 0.494. The van der Waals surface area contributed by atoms with Gasteiger partial charge in [-0.1, -0.05) is 6.07 Å². The highest BCUT2D eigenvalue weighted by Gasteiger charge is 2.19. The Labute approximate surface area is 121 Å². The number of likely N-dealkylation sites (N-methyl/N-ethyl adjacent to an activating group) is 1. The number of nitrogens with zero attached hydrogens (tertiary/aromatic N) is 1. The van der Waals surface area contributed by atoms with E-state index >= 15 is 0 Å². The quantitative estimate of drug-likeness (QED) is 0.867. The number of carboxylic acid groups (broad SMARTS) is 1. The van der Waals surface area contributed by atoms with Crippen molar-refractivity contribution in [2.24, 2.45) is 0 Å². The van der Waals surface area contributed by atoms with Crippen LogP contribution in [0.5, 0.6) is 11.5 Å². The number of hydrogen-bond donors (Lipinski definition) is 1. The van der Waals surface area contributed by atoms with Crippen LogP contribution in [-0.2, 0) is 11.3 Å². The first kappa shape index (κ1) is 15.8. The van der Waals surface area contributed by atoms with E-state index in [-0.39, 0.29) is 0 Å². The number of aliphatic carboxylic acids is 1. The van der Waals surface area contributed by atoms with Gasteiger partial charge in [-0.3, -0.25) is 9.69 Å². The van der Waals surface area contributed by atoms with Gasteiger partial charge in [-0.2, -0.15) is 0 Å². The highest BCUT2D eigenvalue weighted by Crippen LogP contribution is 2.37. The molecule has 106 valence electrons. The topological polar surface area (TPSA) is 59.0 Å². The molecule has 1 atom stereocenters. The van der Waals surface area contributed by atoms with E-state index in [0.717, 1.165) is 10.0 Å². The molecular weight excluding hydrogens is 314 g/mol. The summed E-state index contributed by atoms with van der Waals surface area (Å²) < 4.78 is 11.3. The van der Waals surface area contributed by atoms with Gasteiger partial charge in [0.2, 0.25) is 0 Å². The molecule has 1 aromatic rings. The fraction of sp³-hybridized carbons (Fsp3) is 0.462. The summed E-state index contributed by atoms with van der Waals surface area (Å²) in [5, 5.41) is 8.98. The van der Waals surface area contributed by atoms with Crippen molar-refractivity contribution in [3.05, 3.63) is 22.2 Å². The van der Waals surface area contributed by atoms with Gasteiger partial charge in [-0.05, 0) is 41.5 Å². The van der Waals surface area contributed by atoms with Gasteiger partial charge in [-0.15, -0.1) is 0 Å². The molecule has 5 nitrogen and oxygen atoms in total. The minimum atomic E-state index is -0.848. The maximum atomic E-state index is 10.9. The van der Waals surface area contributed by atoms with Gasteiger partial charge in [0, 0.05) is 6.54 Å². The van der Waals surface area contributed by atoms with E-state index < -0.39 is 12.0 Å². The highest BCUT2D eigenvalue weighted by atomic mass is 79.9. The third kappa shape index (κ3) is 3.61. The normalized spacial score (nSPS) is 12.3. The third-order valence-corrected chi connectivity index (χ3v) is 3.87. The van der Waals surface area contributed by atoms with Crippen molar-refractivity contribution in [3.63, 3.8) is 0 Å². The zero-order valence-electron chi connectivity index (χ0n) is 11.4. The summed E-state index contributed by atoms with van der Waals surface area (Å²) in [7, 11) is 4.90. The number of halogens is 1. The Kier molecular flexibility index (Phi) is 5.62. The number of benzene rings is 1. The van der Waals surface area contributed by atoms with Gasteiger partial charge in [0.1, 0.15) is 6.04 Å². The second-order valence-corrected chi connectivity index (χ2v) is 5.00. The summed E-state index contributed by atoms with van der Waals surface area (Å²) >= 11 is 3.47. The SMILES string of the molecule is COc1ccc(CN(C)C(C)C(=O)O)c(Br)c1OC. The van der Waals surface area contributed by atoms with Crippen molar-refractivity contribution in [1.29, 1.82) is 0 Å². The predicted molar refractivity (Wildman–Crippen MR) is 75.8 cm³/mol. The van der Waals surface area contributed by atoms with E-state index in [1.54, 1.807) is 39.2 Å². The number of carboxylic acids is 1. The Hall–Kier alpha value is -1.27. The van der Waals surface area contributed by atoms with Gasteiger partial charge < -0.3 is 14.6 Å². The lowest BCUT2D eigenvalue weighted by Crippen LogP contribution is -2.35. The van der Waals surface area contributed by atoms with Crippen LogP contribution in [0.15, 0.2) is 16.6 Å². The molecule has 1 N–H and O–H groups in total. The maximum absolute atomic E-state index is 10.9. The molecule has 0 aliphatic rings. The molecule has 6 heteroatoms. The van der Waals surface area contributed by atoms with Crippen molar-refractivity contribution >= 4 is 21.9 Å². The fourth-order valence-corrected chi connectivity index (χ4v) is 2.26. The van der Waals surface area contributed by atoms with E-state index in [1.807, 2.05) is 6.07 Å². The smallest absolute Gasteiger partial charge is 0.320 e. The summed E-state index contributed by atoms with van der Waals surface area (Å²) in [6.07, 6.45) is 0. The van der Waals surface area contributed by atoms with E-state index in [2.05, 4.69) is 15.9 Å². The van der Waals surface area contributed by atoms with Crippen molar-refractivity contribution < 1.29 is 19.4 Å². The first-order chi connectivity index (χ1) is 8.92. The summed E-state index contributed by atoms with van der Waals surface area (Å²) in [5.41, 5.74) is 0.938. The van der Waals surface area contributed by atoms with Crippen LogP contribution in [0.4, 0.5) is 0 Å². The van der Waals surface area contributed by atoms with Crippen LogP contribution in [0.1, 0.15) is 12.5 Å². The Balaban J connectivity index is 3.00. The molecule has 0 saturated heterocycles. The monoisotopic (exact) mass is 331 g/mol. The first-order valence-electron chi connectivity index (χ1n) is 5.74. The summed E-state index contributed by atoms with van der Waals surface area (Å²) in [6, 6.07) is 3.13. The van der Waals surface area contributed by atoms with Gasteiger partial charge in [-0.25, -0.2) is 0 Å². The van der Waals surface area contributed by atoms with Crippen LogP contribution >= 0.6 is 15.9 Å². The molecule has 0 aliphatic heterocycles. The molecule has 0 bridgehead atoms. The molecule has 0 aromatic heterocycles. The lowest BCUT2D eigenvalue weighted by molar-refractivity contribution is -0.142. The van der Waals surface area contributed by atoms with Crippen LogP contribution in [-0.4, -0.2) is 43.3 Å². The molecule has 0 spiro atoms. The summed E-state index contributed by atoms with van der Waals surface area (Å²) in [6.45, 7) is 2.14. The molecule has 0 radical (unpaired) electrons. The number of methoxy groups -OCH3 is 2. The zero-order chi connectivity index (χ0) is 14.6. The molecule has 0 amide bonds. The van der Waals surface area contributed by atoms with Crippen LogP contribution in [0, 0.1) is 0 Å². The summed E-state index contributed by atoms with van der Waals surface area (Å²) in [5.74, 6) is 0.391. The average molecular weight is 332 g/mol. The molecule has 1 aromatic carbocycles. The molecule has 0 aliphatic carbocycles. The number of rotatable bonds is 6. The van der Waals surface area contributed by atoms with Crippen molar-refractivity contribution in [2.45, 2.75) is 19.5 Å². The van der Waals surface area contributed by atoms with Crippen LogP contribution in [0.2, 0.25) is 0 Å². The van der Waals surface area contributed by atoms with Crippen LogP contribution < -0.4 is 9.47 Å². The van der Waals surface area contributed by atoms with Crippen LogP contribution in [0.25, 0.3) is 0 Å². The van der Waals surface area contributed by atoms with E-state index in [4.69, 9.17) is 14.6 Å². The lowest BCUT2D eigenvalue weighted by Gasteiger charge is -2.22. The fourth-order valence-electron chi connectivity index (χ4n) is 1.65. The number of ether oxygens (including phenoxy) is 2. The molecule has 19 heavy (non-hydrogen) atoms. The van der Waals surface area contributed by atoms with Gasteiger partial charge >= 0.3 is 5.97 Å². The number of hydrogen-bond acceptors (Lipinski definition) is 4. The molecule has 1 unspecified atom stereocenters. The Bertz CT molecular complexity index is 464. The Morgan fingerprint density at radius 3 is 2.53 bits per heavy atom. The first-order valence-corrected chi connectivity index (χ1v) is 6.54. The molecular formula is C13H18BrNO4.